The van der Waals surface area contributed by atoms with Crippen LogP contribution in [0.15, 0.2) is 5.16 Å². The van der Waals surface area contributed by atoms with Crippen molar-refractivity contribution < 1.29 is 14.7 Å². The van der Waals surface area contributed by atoms with Crippen molar-refractivity contribution in [2.24, 2.45) is 22.2 Å². The van der Waals surface area contributed by atoms with Gasteiger partial charge in [-0.25, -0.2) is 0 Å². The van der Waals surface area contributed by atoms with Crippen molar-refractivity contribution in [2.45, 2.75) is 39.2 Å². The van der Waals surface area contributed by atoms with Crippen LogP contribution < -0.4 is 11.1 Å². The zero-order valence-corrected chi connectivity index (χ0v) is 11.3. The van der Waals surface area contributed by atoms with Crippen molar-refractivity contribution in [1.82, 2.24) is 5.32 Å². The third-order valence-corrected chi connectivity index (χ3v) is 3.71. The Morgan fingerprint density at radius 1 is 1.56 bits per heavy atom. The molecular formula is C12H23N3O3. The molecular weight excluding hydrogens is 234 g/mol. The number of carbonyl (C=O) groups excluding carboxylic acids is 1. The molecule has 1 unspecified atom stereocenters. The Morgan fingerprint density at radius 3 is 2.50 bits per heavy atom. The van der Waals surface area contributed by atoms with Crippen LogP contribution in [0, 0.1) is 11.3 Å². The van der Waals surface area contributed by atoms with Gasteiger partial charge >= 0.3 is 0 Å². The minimum absolute atomic E-state index is 0.00572. The summed E-state index contributed by atoms with van der Waals surface area (Å²) >= 11 is 0. The van der Waals surface area contributed by atoms with E-state index in [4.69, 9.17) is 15.7 Å². The molecule has 0 saturated heterocycles. The van der Waals surface area contributed by atoms with Gasteiger partial charge in [-0.1, -0.05) is 25.4 Å². The highest BCUT2D eigenvalue weighted by Crippen LogP contribution is 2.41. The summed E-state index contributed by atoms with van der Waals surface area (Å²) < 4.78 is 5.09. The number of hydrogen-bond acceptors (Lipinski definition) is 4. The molecule has 1 rings (SSSR count). The highest BCUT2D eigenvalue weighted by Gasteiger charge is 2.48. The Labute approximate surface area is 108 Å². The zero-order chi connectivity index (χ0) is 13.8. The van der Waals surface area contributed by atoms with Gasteiger partial charge in [0, 0.05) is 7.11 Å². The lowest BCUT2D eigenvalue weighted by atomic mass is 9.67. The average molecular weight is 257 g/mol. The van der Waals surface area contributed by atoms with Crippen molar-refractivity contribution in [2.75, 3.05) is 13.7 Å². The van der Waals surface area contributed by atoms with E-state index in [-0.39, 0.29) is 23.7 Å². The second-order valence-electron chi connectivity index (χ2n) is 5.20. The third-order valence-electron chi connectivity index (χ3n) is 3.71. The lowest BCUT2D eigenvalue weighted by molar-refractivity contribution is -0.132. The topological polar surface area (TPSA) is 96.9 Å². The van der Waals surface area contributed by atoms with Crippen LogP contribution in [0.5, 0.6) is 0 Å². The molecule has 0 spiro atoms. The van der Waals surface area contributed by atoms with E-state index in [1.54, 1.807) is 7.11 Å². The summed E-state index contributed by atoms with van der Waals surface area (Å²) in [6.07, 6.45) is 2.18. The van der Waals surface area contributed by atoms with Crippen molar-refractivity contribution in [3.8, 4) is 0 Å². The first-order chi connectivity index (χ1) is 8.47. The molecule has 0 radical (unpaired) electrons. The number of nitrogens with one attached hydrogen (secondary N) is 1. The quantitative estimate of drug-likeness (QED) is 0.282. The summed E-state index contributed by atoms with van der Waals surface area (Å²) in [6, 6.07) is -0.0635. The number of nitrogens with two attached hydrogens (primary N) is 1. The van der Waals surface area contributed by atoms with Crippen LogP contribution >= 0.6 is 0 Å². The summed E-state index contributed by atoms with van der Waals surface area (Å²) in [5, 5.41) is 14.7. The maximum absolute atomic E-state index is 12.3. The molecule has 0 heterocycles. The van der Waals surface area contributed by atoms with Gasteiger partial charge in [-0.15, -0.1) is 0 Å². The number of methoxy groups -OCH3 is 1. The van der Waals surface area contributed by atoms with Gasteiger partial charge in [0.25, 0.3) is 0 Å². The van der Waals surface area contributed by atoms with Crippen LogP contribution in [-0.2, 0) is 9.53 Å². The third kappa shape index (κ3) is 2.75. The Hall–Kier alpha value is -1.30. The number of rotatable bonds is 6. The zero-order valence-electron chi connectivity index (χ0n) is 11.3. The van der Waals surface area contributed by atoms with Gasteiger partial charge in [-0.3, -0.25) is 4.79 Å². The van der Waals surface area contributed by atoms with E-state index in [9.17, 15) is 4.79 Å². The van der Waals surface area contributed by atoms with Crippen LogP contribution in [-0.4, -0.2) is 36.7 Å². The van der Waals surface area contributed by atoms with E-state index in [0.29, 0.717) is 19.4 Å². The van der Waals surface area contributed by atoms with Gasteiger partial charge in [0.15, 0.2) is 5.84 Å². The molecule has 1 aliphatic rings. The summed E-state index contributed by atoms with van der Waals surface area (Å²) in [6.45, 7) is 4.48. The van der Waals surface area contributed by atoms with E-state index in [1.807, 2.05) is 13.8 Å². The molecule has 1 aliphatic carbocycles. The first-order valence-electron chi connectivity index (χ1n) is 6.26. The van der Waals surface area contributed by atoms with Gasteiger partial charge in [0.1, 0.15) is 5.41 Å². The van der Waals surface area contributed by atoms with Crippen molar-refractivity contribution in [3.05, 3.63) is 0 Å². The molecule has 1 saturated carbocycles. The predicted octanol–water partition coefficient (Wildman–Crippen LogP) is 0.690. The maximum Gasteiger partial charge on any atom is 0.234 e. The lowest BCUT2D eigenvalue weighted by Crippen LogP contribution is -2.57. The Kier molecular flexibility index (Phi) is 4.95. The number of oxime groups is 1. The highest BCUT2D eigenvalue weighted by atomic mass is 16.5. The van der Waals surface area contributed by atoms with E-state index >= 15 is 0 Å². The second kappa shape index (κ2) is 6.04. The first kappa shape index (κ1) is 14.8. The first-order valence-corrected chi connectivity index (χ1v) is 6.26. The van der Waals surface area contributed by atoms with E-state index < -0.39 is 5.41 Å². The van der Waals surface area contributed by atoms with E-state index in [1.165, 1.54) is 0 Å². The van der Waals surface area contributed by atoms with Gasteiger partial charge in [0.2, 0.25) is 5.91 Å². The fraction of sp³-hybridized carbons (Fsp3) is 0.833. The van der Waals surface area contributed by atoms with Crippen LogP contribution in [0.1, 0.15) is 33.1 Å². The average Bonchev–Trinajstić information content (AvgIpc) is 2.26. The Bertz CT molecular complexity index is 325. The van der Waals surface area contributed by atoms with Crippen LogP contribution in [0.25, 0.3) is 0 Å². The van der Waals surface area contributed by atoms with Gasteiger partial charge in [-0.05, 0) is 18.8 Å². The number of amides is 1. The maximum atomic E-state index is 12.3. The van der Waals surface area contributed by atoms with Crippen LogP contribution in [0.3, 0.4) is 0 Å². The van der Waals surface area contributed by atoms with Gasteiger partial charge in [0.05, 0.1) is 12.6 Å². The molecule has 0 aromatic carbocycles. The fourth-order valence-corrected chi connectivity index (χ4v) is 2.11. The highest BCUT2D eigenvalue weighted by molar-refractivity contribution is 6.07. The monoisotopic (exact) mass is 257 g/mol. The van der Waals surface area contributed by atoms with Gasteiger partial charge < -0.3 is 21.0 Å². The second-order valence-corrected chi connectivity index (χ2v) is 5.20. The molecule has 0 bridgehead atoms. The number of hydrogen-bond donors (Lipinski definition) is 3. The Morgan fingerprint density at radius 2 is 2.17 bits per heavy atom. The molecule has 0 aromatic heterocycles. The van der Waals surface area contributed by atoms with Crippen molar-refractivity contribution >= 4 is 11.7 Å². The minimum Gasteiger partial charge on any atom is -0.409 e. The number of nitrogens with zero attached hydrogens (tertiary/aromatic N) is 1. The molecule has 104 valence electrons. The van der Waals surface area contributed by atoms with E-state index in [0.717, 1.165) is 6.42 Å². The molecule has 0 aliphatic heterocycles. The Balaban J connectivity index is 2.73. The van der Waals surface area contributed by atoms with Crippen LogP contribution in [0.2, 0.25) is 0 Å². The van der Waals surface area contributed by atoms with Gasteiger partial charge in [-0.2, -0.15) is 0 Å². The predicted molar refractivity (Wildman–Crippen MR) is 68.3 cm³/mol. The molecule has 18 heavy (non-hydrogen) atoms. The molecule has 6 heteroatoms. The fourth-order valence-electron chi connectivity index (χ4n) is 2.11. The van der Waals surface area contributed by atoms with Crippen molar-refractivity contribution in [1.29, 1.82) is 0 Å². The summed E-state index contributed by atoms with van der Waals surface area (Å²) in [5.74, 6) is 0.101. The molecule has 6 nitrogen and oxygen atoms in total. The summed E-state index contributed by atoms with van der Waals surface area (Å²) in [4.78, 5) is 12.3. The van der Waals surface area contributed by atoms with E-state index in [2.05, 4.69) is 10.5 Å². The largest absolute Gasteiger partial charge is 0.409 e. The normalized spacial score (nSPS) is 20.3. The number of ether oxygens (including phenoxy) is 1. The van der Waals surface area contributed by atoms with Crippen LogP contribution in [0.4, 0.5) is 0 Å². The molecule has 1 atom stereocenters. The smallest absolute Gasteiger partial charge is 0.234 e. The summed E-state index contributed by atoms with van der Waals surface area (Å²) in [7, 11) is 1.60. The molecule has 1 amide bonds. The number of amidine groups is 1. The molecule has 1 fully saturated rings. The molecule has 4 N–H and O–H groups in total. The molecule has 0 aromatic rings. The van der Waals surface area contributed by atoms with Crippen molar-refractivity contribution in [3.63, 3.8) is 0 Å². The lowest BCUT2D eigenvalue weighted by Gasteiger charge is -2.40. The summed E-state index contributed by atoms with van der Waals surface area (Å²) in [5.41, 5.74) is 4.82. The minimum atomic E-state index is -0.824. The number of carbonyl (C=O) groups is 1. The SMILES string of the molecule is COCC(NC(=O)C1(C(N)=NO)CCC1)C(C)C. The standard InChI is InChI=1S/C12H23N3O3/c1-8(2)9(7-18-3)14-11(16)12(5-4-6-12)10(13)15-17/h8-9,17H,4-7H2,1-3H3,(H2,13,15)(H,14,16).